The van der Waals surface area contributed by atoms with Gasteiger partial charge in [0.15, 0.2) is 0 Å². The van der Waals surface area contributed by atoms with Gasteiger partial charge < -0.3 is 0 Å². The van der Waals surface area contributed by atoms with Gasteiger partial charge in [-0.05, 0) is 49.9 Å². The third-order valence-electron chi connectivity index (χ3n) is 5.17. The first-order valence-corrected chi connectivity index (χ1v) is 8.68. The van der Waals surface area contributed by atoms with Gasteiger partial charge in [-0.3, -0.25) is 0 Å². The summed E-state index contributed by atoms with van der Waals surface area (Å²) in [6.07, 6.45) is 9.24. The highest BCUT2D eigenvalue weighted by atomic mass is 32.2. The molecule has 3 aliphatic carbocycles. The topological polar surface area (TPSA) is 46.2 Å². The molecule has 0 heterocycles. The van der Waals surface area contributed by atoms with Crippen LogP contribution in [-0.2, 0) is 10.0 Å². The SMILES string of the molecule is O=S(=O)(NC[C@@H]1C[C@H]2CC[C@@H]1C2)C1CCCC1. The first-order chi connectivity index (χ1) is 8.15. The summed E-state index contributed by atoms with van der Waals surface area (Å²) in [7, 11) is -3.01. The molecule has 3 saturated carbocycles. The minimum Gasteiger partial charge on any atom is -0.215 e. The molecule has 0 spiro atoms. The summed E-state index contributed by atoms with van der Waals surface area (Å²) in [6.45, 7) is 0.708. The fourth-order valence-electron chi connectivity index (χ4n) is 4.17. The van der Waals surface area contributed by atoms with E-state index in [2.05, 4.69) is 4.72 Å². The van der Waals surface area contributed by atoms with Crippen LogP contribution < -0.4 is 4.72 Å². The summed E-state index contributed by atoms with van der Waals surface area (Å²) >= 11 is 0. The molecule has 0 saturated heterocycles. The fourth-order valence-corrected chi connectivity index (χ4v) is 5.80. The maximum atomic E-state index is 12.1. The Hall–Kier alpha value is -0.0900. The number of hydrogen-bond donors (Lipinski definition) is 1. The number of sulfonamides is 1. The molecule has 0 aromatic heterocycles. The van der Waals surface area contributed by atoms with Crippen molar-refractivity contribution in [2.24, 2.45) is 17.8 Å². The normalized spacial score (nSPS) is 38.0. The molecule has 0 aromatic rings. The average Bonchev–Trinajstić information content (AvgIpc) is 3.02. The van der Waals surface area contributed by atoms with Crippen molar-refractivity contribution in [1.29, 1.82) is 0 Å². The van der Waals surface area contributed by atoms with Crippen molar-refractivity contribution in [3.63, 3.8) is 0 Å². The largest absolute Gasteiger partial charge is 0.215 e. The monoisotopic (exact) mass is 257 g/mol. The van der Waals surface area contributed by atoms with E-state index in [4.69, 9.17) is 0 Å². The second-order valence-corrected chi connectivity index (χ2v) is 8.28. The van der Waals surface area contributed by atoms with Gasteiger partial charge in [-0.1, -0.05) is 19.3 Å². The Kier molecular flexibility index (Phi) is 3.20. The lowest BCUT2D eigenvalue weighted by Gasteiger charge is -2.22. The lowest BCUT2D eigenvalue weighted by molar-refractivity contribution is 0.332. The van der Waals surface area contributed by atoms with Crippen molar-refractivity contribution in [2.45, 2.75) is 56.6 Å². The summed E-state index contributed by atoms with van der Waals surface area (Å²) in [6, 6.07) is 0. The molecular weight excluding hydrogens is 234 g/mol. The molecule has 0 radical (unpaired) electrons. The predicted molar refractivity (Wildman–Crippen MR) is 68.1 cm³/mol. The van der Waals surface area contributed by atoms with E-state index in [1.165, 1.54) is 25.7 Å². The summed E-state index contributed by atoms with van der Waals surface area (Å²) in [4.78, 5) is 0. The molecule has 3 rings (SSSR count). The van der Waals surface area contributed by atoms with Gasteiger partial charge in [-0.25, -0.2) is 13.1 Å². The average molecular weight is 257 g/mol. The van der Waals surface area contributed by atoms with Gasteiger partial charge >= 0.3 is 0 Å². The standard InChI is InChI=1S/C13H23NO2S/c15-17(16,13-3-1-2-4-13)14-9-12-8-10-5-6-11(12)7-10/h10-14H,1-9H2/t10-,11+,12-/m0/s1. The van der Waals surface area contributed by atoms with Gasteiger partial charge in [-0.15, -0.1) is 0 Å². The Labute approximate surface area is 104 Å². The molecule has 3 atom stereocenters. The summed E-state index contributed by atoms with van der Waals surface area (Å²) in [5.41, 5.74) is 0. The fraction of sp³-hybridized carbons (Fsp3) is 1.00. The highest BCUT2D eigenvalue weighted by molar-refractivity contribution is 7.90. The molecule has 98 valence electrons. The Morgan fingerprint density at radius 3 is 2.35 bits per heavy atom. The van der Waals surface area contributed by atoms with Crippen molar-refractivity contribution < 1.29 is 8.42 Å². The van der Waals surface area contributed by atoms with E-state index in [1.807, 2.05) is 0 Å². The lowest BCUT2D eigenvalue weighted by Crippen LogP contribution is -2.37. The minimum absolute atomic E-state index is 0.0962. The molecule has 0 unspecified atom stereocenters. The number of rotatable bonds is 4. The van der Waals surface area contributed by atoms with Gasteiger partial charge in [0.1, 0.15) is 0 Å². The zero-order chi connectivity index (χ0) is 11.9. The Balaban J connectivity index is 1.53. The van der Waals surface area contributed by atoms with Gasteiger partial charge in [-0.2, -0.15) is 0 Å². The molecule has 0 amide bonds. The van der Waals surface area contributed by atoms with Crippen LogP contribution in [0.5, 0.6) is 0 Å². The van der Waals surface area contributed by atoms with E-state index in [-0.39, 0.29) is 5.25 Å². The number of hydrogen-bond acceptors (Lipinski definition) is 2. The van der Waals surface area contributed by atoms with E-state index in [0.717, 1.165) is 37.5 Å². The van der Waals surface area contributed by atoms with E-state index in [0.29, 0.717) is 12.5 Å². The van der Waals surface area contributed by atoms with Crippen LogP contribution in [-0.4, -0.2) is 20.2 Å². The van der Waals surface area contributed by atoms with Crippen LogP contribution in [0, 0.1) is 17.8 Å². The van der Waals surface area contributed by atoms with Crippen LogP contribution in [0.3, 0.4) is 0 Å². The lowest BCUT2D eigenvalue weighted by atomic mass is 9.89. The van der Waals surface area contributed by atoms with E-state index in [1.54, 1.807) is 0 Å². The molecule has 3 fully saturated rings. The second kappa shape index (κ2) is 4.54. The summed E-state index contributed by atoms with van der Waals surface area (Å²) in [5.74, 6) is 2.34. The second-order valence-electron chi connectivity index (χ2n) is 6.23. The van der Waals surface area contributed by atoms with E-state index < -0.39 is 10.0 Å². The molecular formula is C13H23NO2S. The van der Waals surface area contributed by atoms with Crippen LogP contribution in [0.1, 0.15) is 51.4 Å². The third kappa shape index (κ3) is 2.39. The minimum atomic E-state index is -3.01. The predicted octanol–water partition coefficient (Wildman–Crippen LogP) is 2.28. The summed E-state index contributed by atoms with van der Waals surface area (Å²) < 4.78 is 27.1. The number of fused-ring (bicyclic) bond motifs is 2. The molecule has 2 bridgehead atoms. The quantitative estimate of drug-likeness (QED) is 0.840. The zero-order valence-electron chi connectivity index (χ0n) is 10.4. The van der Waals surface area contributed by atoms with Crippen molar-refractivity contribution in [3.05, 3.63) is 0 Å². The van der Waals surface area contributed by atoms with Crippen LogP contribution in [0.4, 0.5) is 0 Å². The summed E-state index contributed by atoms with van der Waals surface area (Å²) in [5, 5.41) is -0.0962. The molecule has 17 heavy (non-hydrogen) atoms. The molecule has 0 aromatic carbocycles. The van der Waals surface area contributed by atoms with Gasteiger partial charge in [0.25, 0.3) is 0 Å². The Bertz CT molecular complexity index is 373. The Morgan fingerprint density at radius 2 is 1.76 bits per heavy atom. The van der Waals surface area contributed by atoms with Crippen molar-refractivity contribution >= 4 is 10.0 Å². The first-order valence-electron chi connectivity index (χ1n) is 7.13. The van der Waals surface area contributed by atoms with Crippen molar-refractivity contribution in [2.75, 3.05) is 6.54 Å². The van der Waals surface area contributed by atoms with Gasteiger partial charge in [0.05, 0.1) is 5.25 Å². The highest BCUT2D eigenvalue weighted by Crippen LogP contribution is 2.48. The maximum absolute atomic E-state index is 12.1. The first kappa shape index (κ1) is 12.0. The molecule has 1 N–H and O–H groups in total. The maximum Gasteiger partial charge on any atom is 0.214 e. The van der Waals surface area contributed by atoms with Gasteiger partial charge in [0.2, 0.25) is 10.0 Å². The number of nitrogens with one attached hydrogen (secondary N) is 1. The molecule has 0 aliphatic heterocycles. The highest BCUT2D eigenvalue weighted by Gasteiger charge is 2.40. The third-order valence-corrected chi connectivity index (χ3v) is 7.09. The van der Waals surface area contributed by atoms with Crippen LogP contribution in [0.2, 0.25) is 0 Å². The van der Waals surface area contributed by atoms with Crippen molar-refractivity contribution in [1.82, 2.24) is 4.72 Å². The molecule has 3 aliphatic rings. The molecule has 3 nitrogen and oxygen atoms in total. The van der Waals surface area contributed by atoms with Crippen LogP contribution in [0.15, 0.2) is 0 Å². The van der Waals surface area contributed by atoms with E-state index >= 15 is 0 Å². The van der Waals surface area contributed by atoms with Crippen molar-refractivity contribution in [3.8, 4) is 0 Å². The smallest absolute Gasteiger partial charge is 0.214 e. The van der Waals surface area contributed by atoms with Crippen LogP contribution in [0.25, 0.3) is 0 Å². The van der Waals surface area contributed by atoms with E-state index in [9.17, 15) is 8.42 Å². The molecule has 4 heteroatoms. The Morgan fingerprint density at radius 1 is 1.00 bits per heavy atom. The van der Waals surface area contributed by atoms with Gasteiger partial charge in [0, 0.05) is 6.54 Å². The zero-order valence-corrected chi connectivity index (χ0v) is 11.2. The van der Waals surface area contributed by atoms with Crippen LogP contribution >= 0.6 is 0 Å².